The van der Waals surface area contributed by atoms with Crippen LogP contribution in [0.5, 0.6) is 0 Å². The minimum atomic E-state index is -0.844. The Morgan fingerprint density at radius 3 is 2.33 bits per heavy atom. The van der Waals surface area contributed by atoms with Crippen LogP contribution in [0.2, 0.25) is 0 Å². The number of nitrogens with one attached hydrogen (secondary N) is 1. The Labute approximate surface area is 127 Å². The zero-order chi connectivity index (χ0) is 16.0. The molecule has 0 aromatic carbocycles. The summed E-state index contributed by atoms with van der Waals surface area (Å²) in [6.45, 7) is 6.71. The highest BCUT2D eigenvalue weighted by atomic mass is 16.4. The quantitative estimate of drug-likeness (QED) is 0.670. The van der Waals surface area contributed by atoms with Gasteiger partial charge in [-0.05, 0) is 43.9 Å². The van der Waals surface area contributed by atoms with Crippen LogP contribution in [0.4, 0.5) is 0 Å². The van der Waals surface area contributed by atoms with E-state index in [-0.39, 0.29) is 12.5 Å². The summed E-state index contributed by atoms with van der Waals surface area (Å²) >= 11 is 0. The van der Waals surface area contributed by atoms with Gasteiger partial charge in [-0.15, -0.1) is 0 Å². The van der Waals surface area contributed by atoms with Gasteiger partial charge in [0.1, 0.15) is 0 Å². The summed E-state index contributed by atoms with van der Waals surface area (Å²) in [5.41, 5.74) is 5.36. The van der Waals surface area contributed by atoms with E-state index in [1.165, 1.54) is 0 Å². The highest BCUT2D eigenvalue weighted by molar-refractivity contribution is 5.83. The highest BCUT2D eigenvalue weighted by Gasteiger charge is 2.40. The second-order valence-electron chi connectivity index (χ2n) is 7.04. The fourth-order valence-electron chi connectivity index (χ4n) is 3.08. The molecule has 5 heteroatoms. The van der Waals surface area contributed by atoms with Crippen LogP contribution in [-0.4, -0.2) is 30.1 Å². The zero-order valence-corrected chi connectivity index (χ0v) is 13.5. The van der Waals surface area contributed by atoms with Crippen LogP contribution < -0.4 is 11.1 Å². The summed E-state index contributed by atoms with van der Waals surface area (Å²) in [7, 11) is 0. The molecule has 1 unspecified atom stereocenters. The van der Waals surface area contributed by atoms with E-state index < -0.39 is 17.3 Å². The molecule has 1 atom stereocenters. The van der Waals surface area contributed by atoms with Gasteiger partial charge in [0.05, 0.1) is 11.3 Å². The number of carbonyl (C=O) groups excluding carboxylic acids is 1. The third-order valence-electron chi connectivity index (χ3n) is 4.72. The lowest BCUT2D eigenvalue weighted by atomic mass is 9.70. The number of carbonyl (C=O) groups is 2. The van der Waals surface area contributed by atoms with Crippen molar-refractivity contribution in [2.24, 2.45) is 28.9 Å². The van der Waals surface area contributed by atoms with Crippen LogP contribution in [0.15, 0.2) is 0 Å². The van der Waals surface area contributed by atoms with Gasteiger partial charge in [-0.1, -0.05) is 20.8 Å². The molecule has 21 heavy (non-hydrogen) atoms. The van der Waals surface area contributed by atoms with E-state index in [0.29, 0.717) is 24.8 Å². The van der Waals surface area contributed by atoms with Gasteiger partial charge in [0.2, 0.25) is 5.91 Å². The van der Waals surface area contributed by atoms with Crippen molar-refractivity contribution in [2.75, 3.05) is 13.1 Å². The molecule has 5 nitrogen and oxygen atoms in total. The van der Waals surface area contributed by atoms with Gasteiger partial charge in [0.25, 0.3) is 0 Å². The minimum Gasteiger partial charge on any atom is -0.481 e. The third kappa shape index (κ3) is 4.99. The Morgan fingerprint density at radius 1 is 1.33 bits per heavy atom. The van der Waals surface area contributed by atoms with Crippen LogP contribution in [-0.2, 0) is 9.59 Å². The van der Waals surface area contributed by atoms with Crippen molar-refractivity contribution in [3.05, 3.63) is 0 Å². The molecule has 0 saturated heterocycles. The van der Waals surface area contributed by atoms with Gasteiger partial charge in [-0.3, -0.25) is 9.59 Å². The van der Waals surface area contributed by atoms with Gasteiger partial charge in [0, 0.05) is 13.1 Å². The van der Waals surface area contributed by atoms with Crippen LogP contribution in [0.3, 0.4) is 0 Å². The molecule has 1 saturated carbocycles. The lowest BCUT2D eigenvalue weighted by Gasteiger charge is -2.37. The van der Waals surface area contributed by atoms with E-state index >= 15 is 0 Å². The molecule has 1 amide bonds. The molecular weight excluding hydrogens is 268 g/mol. The van der Waals surface area contributed by atoms with Crippen LogP contribution in [0.25, 0.3) is 0 Å². The Kier molecular flexibility index (Phi) is 6.65. The molecule has 0 aliphatic heterocycles. The van der Waals surface area contributed by atoms with E-state index in [1.807, 2.05) is 13.8 Å². The van der Waals surface area contributed by atoms with Crippen LogP contribution in [0.1, 0.15) is 52.9 Å². The Balaban J connectivity index is 2.59. The fraction of sp³-hybridized carbons (Fsp3) is 0.875. The molecule has 1 fully saturated rings. The lowest BCUT2D eigenvalue weighted by molar-refractivity contribution is -0.142. The summed E-state index contributed by atoms with van der Waals surface area (Å²) in [6, 6.07) is 0. The molecule has 4 N–H and O–H groups in total. The zero-order valence-electron chi connectivity index (χ0n) is 13.5. The second-order valence-corrected chi connectivity index (χ2v) is 7.04. The molecule has 0 spiro atoms. The first kappa shape index (κ1) is 18.0. The van der Waals surface area contributed by atoms with Crippen molar-refractivity contribution in [1.82, 2.24) is 5.32 Å². The predicted octanol–water partition coefficient (Wildman–Crippen LogP) is 2.00. The monoisotopic (exact) mass is 298 g/mol. The molecule has 0 aromatic rings. The van der Waals surface area contributed by atoms with Gasteiger partial charge < -0.3 is 16.2 Å². The molecule has 0 radical (unpaired) electrons. The van der Waals surface area contributed by atoms with Crippen LogP contribution in [0, 0.1) is 23.2 Å². The van der Waals surface area contributed by atoms with E-state index in [9.17, 15) is 14.7 Å². The van der Waals surface area contributed by atoms with Crippen molar-refractivity contribution in [3.8, 4) is 0 Å². The Bertz CT molecular complexity index is 361. The van der Waals surface area contributed by atoms with Crippen LogP contribution >= 0.6 is 0 Å². The van der Waals surface area contributed by atoms with E-state index in [1.54, 1.807) is 0 Å². The molecule has 1 rings (SSSR count). The van der Waals surface area contributed by atoms with Crippen molar-refractivity contribution in [1.29, 1.82) is 0 Å². The van der Waals surface area contributed by atoms with Gasteiger partial charge in [0.15, 0.2) is 0 Å². The van der Waals surface area contributed by atoms with Gasteiger partial charge >= 0.3 is 5.97 Å². The maximum atomic E-state index is 12.5. The normalized spacial score (nSPS) is 27.4. The van der Waals surface area contributed by atoms with E-state index in [0.717, 1.165) is 25.7 Å². The number of amides is 1. The first-order chi connectivity index (χ1) is 9.80. The first-order valence-electron chi connectivity index (χ1n) is 8.02. The number of hydrogen-bond donors (Lipinski definition) is 3. The topological polar surface area (TPSA) is 92.4 Å². The predicted molar refractivity (Wildman–Crippen MR) is 82.7 cm³/mol. The summed E-state index contributed by atoms with van der Waals surface area (Å²) in [5, 5.41) is 12.1. The number of aliphatic carboxylic acids is 1. The summed E-state index contributed by atoms with van der Waals surface area (Å²) in [4.78, 5) is 23.7. The molecule has 0 aromatic heterocycles. The van der Waals surface area contributed by atoms with Gasteiger partial charge in [-0.2, -0.15) is 0 Å². The van der Waals surface area contributed by atoms with Crippen molar-refractivity contribution in [2.45, 2.75) is 52.9 Å². The summed E-state index contributed by atoms with van der Waals surface area (Å²) in [6.07, 6.45) is 4.21. The molecule has 122 valence electrons. The number of rotatable bonds is 7. The molecule has 0 bridgehead atoms. The van der Waals surface area contributed by atoms with Gasteiger partial charge in [-0.25, -0.2) is 0 Å². The second kappa shape index (κ2) is 7.78. The lowest BCUT2D eigenvalue weighted by Crippen LogP contribution is -2.49. The maximum Gasteiger partial charge on any atom is 0.308 e. The maximum absolute atomic E-state index is 12.5. The SMILES string of the molecule is CC(C)CC(CNC(=O)C1(CN)CCC(C)CC1)C(=O)O. The molecule has 1 aliphatic rings. The minimum absolute atomic E-state index is 0.0630. The Morgan fingerprint density at radius 2 is 1.90 bits per heavy atom. The van der Waals surface area contributed by atoms with Crippen molar-refractivity contribution in [3.63, 3.8) is 0 Å². The van der Waals surface area contributed by atoms with Crippen molar-refractivity contribution >= 4 is 11.9 Å². The smallest absolute Gasteiger partial charge is 0.308 e. The standard InChI is InChI=1S/C16H30N2O3/c1-11(2)8-13(14(19)20)9-18-15(21)16(10-17)6-4-12(3)5-7-16/h11-13H,4-10,17H2,1-3H3,(H,18,21)(H,19,20). The summed E-state index contributed by atoms with van der Waals surface area (Å²) in [5.74, 6) is -0.492. The van der Waals surface area contributed by atoms with E-state index in [4.69, 9.17) is 5.73 Å². The van der Waals surface area contributed by atoms with E-state index in [2.05, 4.69) is 12.2 Å². The fourth-order valence-corrected chi connectivity index (χ4v) is 3.08. The highest BCUT2D eigenvalue weighted by Crippen LogP contribution is 2.38. The largest absolute Gasteiger partial charge is 0.481 e. The number of hydrogen-bond acceptors (Lipinski definition) is 3. The average molecular weight is 298 g/mol. The third-order valence-corrected chi connectivity index (χ3v) is 4.72. The molecule has 0 heterocycles. The number of carboxylic acids is 1. The molecular formula is C16H30N2O3. The number of carboxylic acid groups (broad SMARTS) is 1. The summed E-state index contributed by atoms with van der Waals surface area (Å²) < 4.78 is 0. The first-order valence-corrected chi connectivity index (χ1v) is 8.02. The Hall–Kier alpha value is -1.10. The average Bonchev–Trinajstić information content (AvgIpc) is 2.43. The van der Waals surface area contributed by atoms with Crippen molar-refractivity contribution < 1.29 is 14.7 Å². The molecule has 1 aliphatic carbocycles. The number of nitrogens with two attached hydrogens (primary N) is 1.